The molecule has 2 N–H and O–H groups in total. The predicted molar refractivity (Wildman–Crippen MR) is 127 cm³/mol. The van der Waals surface area contributed by atoms with E-state index >= 15 is 0 Å². The molecule has 196 valence electrons. The SMILES string of the molecule is Cc1c(OC(CO)CO)ccc([C@H]2CCC[C@H]3CN(C(=O)c4ccc(C(F)(F)F)nc4)CCN32)c1C. The molecular weight excluding hydrogens is 475 g/mol. The number of halogens is 3. The van der Waals surface area contributed by atoms with Crippen LogP contribution in [-0.2, 0) is 6.18 Å². The molecule has 0 spiro atoms. The summed E-state index contributed by atoms with van der Waals surface area (Å²) in [6.45, 7) is 5.15. The van der Waals surface area contributed by atoms with Crippen LogP contribution in [0.1, 0.15) is 58.0 Å². The van der Waals surface area contributed by atoms with Crippen molar-refractivity contribution >= 4 is 5.91 Å². The Bertz CT molecular complexity index is 1070. The highest BCUT2D eigenvalue weighted by Crippen LogP contribution is 2.40. The summed E-state index contributed by atoms with van der Waals surface area (Å²) in [6.07, 6.45) is -1.26. The van der Waals surface area contributed by atoms with Gasteiger partial charge in [-0.05, 0) is 68.0 Å². The number of hydrogen-bond donors (Lipinski definition) is 2. The fraction of sp³-hybridized carbons (Fsp3) is 0.538. The number of nitrogens with zero attached hydrogens (tertiary/aromatic N) is 3. The first-order valence-electron chi connectivity index (χ1n) is 12.2. The summed E-state index contributed by atoms with van der Waals surface area (Å²) in [7, 11) is 0. The number of piperidine rings is 1. The number of carbonyl (C=O) groups is 1. The lowest BCUT2D eigenvalue weighted by atomic mass is 9.86. The van der Waals surface area contributed by atoms with Crippen LogP contribution in [0.2, 0.25) is 0 Å². The van der Waals surface area contributed by atoms with E-state index in [0.717, 1.165) is 42.7 Å². The van der Waals surface area contributed by atoms with Crippen LogP contribution in [0.5, 0.6) is 5.75 Å². The van der Waals surface area contributed by atoms with Crippen molar-refractivity contribution in [1.29, 1.82) is 0 Å². The van der Waals surface area contributed by atoms with Crippen LogP contribution < -0.4 is 4.74 Å². The van der Waals surface area contributed by atoms with Crippen LogP contribution in [0.3, 0.4) is 0 Å². The second-order valence-electron chi connectivity index (χ2n) is 9.53. The van der Waals surface area contributed by atoms with Gasteiger partial charge in [0.25, 0.3) is 5.91 Å². The molecule has 0 saturated carbocycles. The van der Waals surface area contributed by atoms with Crippen molar-refractivity contribution in [2.45, 2.75) is 57.5 Å². The molecule has 2 saturated heterocycles. The van der Waals surface area contributed by atoms with Crippen molar-refractivity contribution in [2.24, 2.45) is 0 Å². The van der Waals surface area contributed by atoms with Crippen molar-refractivity contribution in [2.75, 3.05) is 32.8 Å². The third-order valence-electron chi connectivity index (χ3n) is 7.37. The molecule has 1 aromatic carbocycles. The van der Waals surface area contributed by atoms with Crippen molar-refractivity contribution in [3.8, 4) is 5.75 Å². The van der Waals surface area contributed by atoms with Gasteiger partial charge in [0.1, 0.15) is 17.5 Å². The molecule has 0 aliphatic carbocycles. The summed E-state index contributed by atoms with van der Waals surface area (Å²) in [5.74, 6) is 0.339. The van der Waals surface area contributed by atoms with E-state index in [0.29, 0.717) is 25.4 Å². The van der Waals surface area contributed by atoms with Crippen molar-refractivity contribution in [3.05, 3.63) is 58.4 Å². The first-order chi connectivity index (χ1) is 17.1. The Hall–Kier alpha value is -2.69. The topological polar surface area (TPSA) is 86.1 Å². The standard InChI is InChI=1S/C26H32F3N3O4/c1-16-17(2)23(36-20(14-33)15-34)8-7-21(16)22-5-3-4-19-13-31(10-11-32(19)22)25(35)18-6-9-24(30-12-18)26(27,28)29/h6-9,12,19-20,22,33-34H,3-5,10-11,13-15H2,1-2H3/t19-,22+/m0/s1. The fourth-order valence-corrected chi connectivity index (χ4v) is 5.26. The van der Waals surface area contributed by atoms with Crippen molar-refractivity contribution in [3.63, 3.8) is 0 Å². The second-order valence-corrected chi connectivity index (χ2v) is 9.53. The molecule has 2 aliphatic rings. The molecule has 36 heavy (non-hydrogen) atoms. The largest absolute Gasteiger partial charge is 0.485 e. The van der Waals surface area contributed by atoms with Gasteiger partial charge in [-0.3, -0.25) is 14.7 Å². The van der Waals surface area contributed by atoms with Crippen LogP contribution in [0.25, 0.3) is 0 Å². The van der Waals surface area contributed by atoms with Gasteiger partial charge in [-0.15, -0.1) is 0 Å². The van der Waals surface area contributed by atoms with Crippen LogP contribution >= 0.6 is 0 Å². The molecule has 2 fully saturated rings. The number of benzene rings is 1. The van der Waals surface area contributed by atoms with Crippen LogP contribution in [0, 0.1) is 13.8 Å². The van der Waals surface area contributed by atoms with E-state index in [4.69, 9.17) is 4.74 Å². The molecule has 0 bridgehead atoms. The maximum atomic E-state index is 13.0. The number of alkyl halides is 3. The van der Waals surface area contributed by atoms with Gasteiger partial charge in [0.15, 0.2) is 0 Å². The Kier molecular flexibility index (Phi) is 7.87. The molecule has 2 aromatic rings. The number of carbonyl (C=O) groups excluding carboxylic acids is 1. The van der Waals surface area contributed by atoms with Gasteiger partial charge in [0, 0.05) is 37.9 Å². The number of fused-ring (bicyclic) bond motifs is 1. The summed E-state index contributed by atoms with van der Waals surface area (Å²) < 4.78 is 44.2. The number of piperazine rings is 1. The molecule has 2 aliphatic heterocycles. The number of hydrogen-bond acceptors (Lipinski definition) is 6. The third kappa shape index (κ3) is 5.35. The van der Waals surface area contributed by atoms with Crippen molar-refractivity contribution < 1.29 is 32.9 Å². The molecule has 10 heteroatoms. The van der Waals surface area contributed by atoms with E-state index < -0.39 is 18.0 Å². The van der Waals surface area contributed by atoms with E-state index in [-0.39, 0.29) is 36.8 Å². The maximum Gasteiger partial charge on any atom is 0.433 e. The molecule has 1 amide bonds. The first kappa shape index (κ1) is 26.4. The summed E-state index contributed by atoms with van der Waals surface area (Å²) >= 11 is 0. The predicted octanol–water partition coefficient (Wildman–Crippen LogP) is 3.50. The molecule has 7 nitrogen and oxygen atoms in total. The van der Waals surface area contributed by atoms with Crippen LogP contribution in [0.15, 0.2) is 30.5 Å². The van der Waals surface area contributed by atoms with Gasteiger partial charge in [0.2, 0.25) is 0 Å². The first-order valence-corrected chi connectivity index (χ1v) is 12.2. The number of aliphatic hydroxyl groups excluding tert-OH is 2. The molecule has 2 atom stereocenters. The zero-order chi connectivity index (χ0) is 26.0. The third-order valence-corrected chi connectivity index (χ3v) is 7.37. The molecule has 0 radical (unpaired) electrons. The van der Waals surface area contributed by atoms with Crippen LogP contribution in [-0.4, -0.2) is 75.9 Å². The summed E-state index contributed by atoms with van der Waals surface area (Å²) in [5, 5.41) is 18.7. The Labute approximate surface area is 208 Å². The second kappa shape index (κ2) is 10.7. The lowest BCUT2D eigenvalue weighted by molar-refractivity contribution is -0.141. The van der Waals surface area contributed by atoms with E-state index in [1.165, 1.54) is 11.6 Å². The average Bonchev–Trinajstić information content (AvgIpc) is 2.88. The Morgan fingerprint density at radius 1 is 1.11 bits per heavy atom. The van der Waals surface area contributed by atoms with Gasteiger partial charge in [0.05, 0.1) is 18.8 Å². The molecule has 1 aromatic heterocycles. The quantitative estimate of drug-likeness (QED) is 0.623. The summed E-state index contributed by atoms with van der Waals surface area (Å²) in [5.41, 5.74) is 2.41. The van der Waals surface area contributed by atoms with E-state index in [1.54, 1.807) is 4.90 Å². The molecule has 4 rings (SSSR count). The lowest BCUT2D eigenvalue weighted by Gasteiger charge is -2.48. The highest BCUT2D eigenvalue weighted by Gasteiger charge is 2.38. The van der Waals surface area contributed by atoms with Gasteiger partial charge in [-0.1, -0.05) is 6.07 Å². The molecule has 0 unspecified atom stereocenters. The zero-order valence-corrected chi connectivity index (χ0v) is 20.5. The van der Waals surface area contributed by atoms with Gasteiger partial charge in [-0.2, -0.15) is 13.2 Å². The summed E-state index contributed by atoms with van der Waals surface area (Å²) in [6, 6.07) is 6.32. The van der Waals surface area contributed by atoms with Gasteiger partial charge >= 0.3 is 6.18 Å². The lowest BCUT2D eigenvalue weighted by Crippen LogP contribution is -2.57. The smallest absolute Gasteiger partial charge is 0.433 e. The van der Waals surface area contributed by atoms with Crippen LogP contribution in [0.4, 0.5) is 13.2 Å². The number of rotatable bonds is 6. The monoisotopic (exact) mass is 507 g/mol. The van der Waals surface area contributed by atoms with Crippen molar-refractivity contribution in [1.82, 2.24) is 14.8 Å². The Balaban J connectivity index is 1.47. The highest BCUT2D eigenvalue weighted by molar-refractivity contribution is 5.94. The number of amides is 1. The minimum Gasteiger partial charge on any atom is -0.485 e. The van der Waals surface area contributed by atoms with E-state index in [1.807, 2.05) is 26.0 Å². The fourth-order valence-electron chi connectivity index (χ4n) is 5.26. The van der Waals surface area contributed by atoms with Gasteiger partial charge < -0.3 is 19.8 Å². The number of ether oxygens (including phenoxy) is 1. The normalized spacial score (nSPS) is 20.9. The average molecular weight is 508 g/mol. The van der Waals surface area contributed by atoms with Gasteiger partial charge in [-0.25, -0.2) is 0 Å². The number of pyridine rings is 1. The minimum atomic E-state index is -4.54. The maximum absolute atomic E-state index is 13.0. The highest BCUT2D eigenvalue weighted by atomic mass is 19.4. The zero-order valence-electron chi connectivity index (χ0n) is 20.5. The van der Waals surface area contributed by atoms with E-state index in [2.05, 4.69) is 9.88 Å². The summed E-state index contributed by atoms with van der Waals surface area (Å²) in [4.78, 5) is 20.6. The number of aromatic nitrogens is 1. The molecule has 3 heterocycles. The number of aliphatic hydroxyl groups is 2. The minimum absolute atomic E-state index is 0.160. The molecular formula is C26H32F3N3O4. The van der Waals surface area contributed by atoms with E-state index in [9.17, 15) is 28.2 Å². The Morgan fingerprint density at radius 2 is 1.86 bits per heavy atom. The Morgan fingerprint density at radius 3 is 2.50 bits per heavy atom.